The van der Waals surface area contributed by atoms with Crippen molar-refractivity contribution in [2.45, 2.75) is 44.8 Å². The monoisotopic (exact) mass is 279 g/mol. The van der Waals surface area contributed by atoms with Gasteiger partial charge in [0.05, 0.1) is 18.6 Å². The molecule has 0 saturated heterocycles. The van der Waals surface area contributed by atoms with Crippen molar-refractivity contribution in [1.29, 1.82) is 0 Å². The van der Waals surface area contributed by atoms with Crippen LogP contribution in [-0.4, -0.2) is 29.3 Å². The topological polar surface area (TPSA) is 72.5 Å². The fourth-order valence-electron chi connectivity index (χ4n) is 2.66. The minimum absolute atomic E-state index is 0.409. The zero-order chi connectivity index (χ0) is 15.6. The van der Waals surface area contributed by atoms with Gasteiger partial charge in [-0.3, -0.25) is 4.79 Å². The van der Waals surface area contributed by atoms with Crippen molar-refractivity contribution in [3.63, 3.8) is 0 Å². The van der Waals surface area contributed by atoms with Gasteiger partial charge in [0.25, 0.3) is 0 Å². The lowest BCUT2D eigenvalue weighted by molar-refractivity contribution is -0.151. The zero-order valence-corrected chi connectivity index (χ0v) is 12.9. The van der Waals surface area contributed by atoms with Gasteiger partial charge in [0.1, 0.15) is 0 Å². The van der Waals surface area contributed by atoms with E-state index >= 15 is 0 Å². The van der Waals surface area contributed by atoms with Crippen molar-refractivity contribution in [1.82, 2.24) is 0 Å². The average Bonchev–Trinajstić information content (AvgIpc) is 2.33. The van der Waals surface area contributed by atoms with E-state index in [-0.39, 0.29) is 0 Å². The third-order valence-electron chi connectivity index (χ3n) is 3.51. The largest absolute Gasteiger partial charge is 0.469 e. The summed E-state index contributed by atoms with van der Waals surface area (Å²) in [5, 5.41) is 10.5. The number of carbonyl (C=O) groups is 1. The van der Waals surface area contributed by atoms with Gasteiger partial charge in [-0.1, -0.05) is 30.3 Å². The van der Waals surface area contributed by atoms with E-state index in [2.05, 4.69) is 0 Å². The molecule has 1 aromatic carbocycles. The van der Waals surface area contributed by atoms with E-state index in [1.54, 1.807) is 27.7 Å². The lowest BCUT2D eigenvalue weighted by Gasteiger charge is -2.41. The molecular weight excluding hydrogens is 254 g/mol. The Balaban J connectivity index is 3.38. The number of rotatable bonds is 5. The summed E-state index contributed by atoms with van der Waals surface area (Å²) in [6, 6.07) is 9.44. The summed E-state index contributed by atoms with van der Waals surface area (Å²) in [5.74, 6) is -1.50. The third kappa shape index (κ3) is 3.81. The van der Waals surface area contributed by atoms with Crippen LogP contribution in [-0.2, 0) is 9.53 Å². The number of esters is 1. The Morgan fingerprint density at radius 3 is 2.05 bits per heavy atom. The summed E-state index contributed by atoms with van der Waals surface area (Å²) in [5.41, 5.74) is 5.14. The fourth-order valence-corrected chi connectivity index (χ4v) is 2.66. The Labute approximate surface area is 120 Å². The normalized spacial score (nSPS) is 15.6. The van der Waals surface area contributed by atoms with E-state index in [1.165, 1.54) is 7.11 Å². The van der Waals surface area contributed by atoms with E-state index in [0.29, 0.717) is 0 Å². The molecule has 2 atom stereocenters. The van der Waals surface area contributed by atoms with Crippen LogP contribution in [0, 0.1) is 5.92 Å². The highest BCUT2D eigenvalue weighted by Crippen LogP contribution is 2.40. The van der Waals surface area contributed by atoms with Gasteiger partial charge in [-0.15, -0.1) is 0 Å². The maximum absolute atomic E-state index is 12.2. The van der Waals surface area contributed by atoms with Gasteiger partial charge in [-0.05, 0) is 33.3 Å². The highest BCUT2D eigenvalue weighted by Gasteiger charge is 2.46. The number of ether oxygens (including phenoxy) is 1. The maximum Gasteiger partial charge on any atom is 0.311 e. The molecule has 112 valence electrons. The molecule has 0 spiro atoms. The average molecular weight is 279 g/mol. The summed E-state index contributed by atoms with van der Waals surface area (Å²) < 4.78 is 4.91. The van der Waals surface area contributed by atoms with E-state index in [0.717, 1.165) is 5.56 Å². The molecule has 0 amide bonds. The molecule has 0 bridgehead atoms. The van der Waals surface area contributed by atoms with E-state index < -0.39 is 28.9 Å². The predicted molar refractivity (Wildman–Crippen MR) is 79.3 cm³/mol. The first kappa shape index (κ1) is 16.7. The molecule has 0 aromatic heterocycles. The van der Waals surface area contributed by atoms with Gasteiger partial charge in [-0.2, -0.15) is 0 Å². The van der Waals surface area contributed by atoms with Gasteiger partial charge in [-0.25, -0.2) is 0 Å². The fraction of sp³-hybridized carbons (Fsp3) is 0.562. The summed E-state index contributed by atoms with van der Waals surface area (Å²) in [6.45, 7) is 6.92. The molecule has 4 nitrogen and oxygen atoms in total. The highest BCUT2D eigenvalue weighted by molar-refractivity contribution is 5.75. The quantitative estimate of drug-likeness (QED) is 0.809. The number of aliphatic hydroxyl groups is 1. The van der Waals surface area contributed by atoms with Crippen LogP contribution < -0.4 is 5.73 Å². The van der Waals surface area contributed by atoms with Gasteiger partial charge >= 0.3 is 5.97 Å². The highest BCUT2D eigenvalue weighted by atomic mass is 16.5. The molecule has 0 saturated carbocycles. The molecule has 0 aliphatic rings. The summed E-state index contributed by atoms with van der Waals surface area (Å²) >= 11 is 0. The van der Waals surface area contributed by atoms with Crippen molar-refractivity contribution < 1.29 is 14.6 Å². The lowest BCUT2D eigenvalue weighted by atomic mass is 9.68. The van der Waals surface area contributed by atoms with Gasteiger partial charge in [0.2, 0.25) is 0 Å². The Kier molecular flexibility index (Phi) is 4.95. The number of nitrogens with two attached hydrogens (primary N) is 1. The molecule has 0 unspecified atom stereocenters. The summed E-state index contributed by atoms with van der Waals surface area (Å²) in [6.07, 6.45) is 0. The molecule has 20 heavy (non-hydrogen) atoms. The number of hydrogen-bond acceptors (Lipinski definition) is 4. The van der Waals surface area contributed by atoms with Crippen molar-refractivity contribution in [2.24, 2.45) is 11.7 Å². The molecular formula is C16H25NO3. The smallest absolute Gasteiger partial charge is 0.311 e. The Morgan fingerprint density at radius 1 is 1.20 bits per heavy atom. The first-order valence-corrected chi connectivity index (χ1v) is 6.73. The molecule has 1 rings (SSSR count). The standard InChI is InChI=1S/C16H25NO3/c1-15(2,17)13(14(18)20-5)12(16(3,4)19)11-9-7-6-8-10-11/h6-10,12-13,19H,17H2,1-5H3/t12-,13-/m1/s1. The third-order valence-corrected chi connectivity index (χ3v) is 3.51. The number of benzene rings is 1. The minimum Gasteiger partial charge on any atom is -0.469 e. The van der Waals surface area contributed by atoms with Crippen LogP contribution >= 0.6 is 0 Å². The van der Waals surface area contributed by atoms with E-state index in [4.69, 9.17) is 10.5 Å². The minimum atomic E-state index is -1.10. The second kappa shape index (κ2) is 5.94. The Morgan fingerprint density at radius 2 is 1.70 bits per heavy atom. The van der Waals surface area contributed by atoms with Crippen LogP contribution in [0.5, 0.6) is 0 Å². The van der Waals surface area contributed by atoms with Crippen LogP contribution in [0.4, 0.5) is 0 Å². The number of methoxy groups -OCH3 is 1. The lowest BCUT2D eigenvalue weighted by Crippen LogP contribution is -2.53. The molecule has 0 fully saturated rings. The van der Waals surface area contributed by atoms with Crippen LogP contribution in [0.2, 0.25) is 0 Å². The van der Waals surface area contributed by atoms with Crippen LogP contribution in [0.25, 0.3) is 0 Å². The maximum atomic E-state index is 12.2. The van der Waals surface area contributed by atoms with Crippen molar-refractivity contribution in [3.05, 3.63) is 35.9 Å². The molecule has 0 aliphatic carbocycles. The summed E-state index contributed by atoms with van der Waals surface area (Å²) in [7, 11) is 1.34. The second-order valence-electron chi connectivity index (χ2n) is 6.36. The van der Waals surface area contributed by atoms with E-state index in [9.17, 15) is 9.90 Å². The van der Waals surface area contributed by atoms with Gasteiger partial charge in [0.15, 0.2) is 0 Å². The Hall–Kier alpha value is -1.39. The van der Waals surface area contributed by atoms with Gasteiger partial charge < -0.3 is 15.6 Å². The molecule has 0 aliphatic heterocycles. The second-order valence-corrected chi connectivity index (χ2v) is 6.36. The molecule has 1 aromatic rings. The van der Waals surface area contributed by atoms with Crippen LogP contribution in [0.3, 0.4) is 0 Å². The van der Waals surface area contributed by atoms with Crippen LogP contribution in [0.15, 0.2) is 30.3 Å². The first-order chi connectivity index (χ1) is 9.09. The first-order valence-electron chi connectivity index (χ1n) is 6.73. The van der Waals surface area contributed by atoms with Crippen molar-refractivity contribution in [3.8, 4) is 0 Å². The molecule has 0 radical (unpaired) electrons. The van der Waals surface area contributed by atoms with Crippen molar-refractivity contribution in [2.75, 3.05) is 7.11 Å². The van der Waals surface area contributed by atoms with Crippen LogP contribution in [0.1, 0.15) is 39.2 Å². The summed E-state index contributed by atoms with van der Waals surface area (Å²) in [4.78, 5) is 12.2. The van der Waals surface area contributed by atoms with Gasteiger partial charge in [0, 0.05) is 11.5 Å². The zero-order valence-electron chi connectivity index (χ0n) is 12.9. The number of hydrogen-bond donors (Lipinski definition) is 2. The Bertz CT molecular complexity index is 443. The van der Waals surface area contributed by atoms with Crippen molar-refractivity contribution >= 4 is 5.97 Å². The number of carbonyl (C=O) groups excluding carboxylic acids is 1. The molecule has 4 heteroatoms. The SMILES string of the molecule is COC(=O)[C@@H]([C@@H](c1ccccc1)C(C)(C)O)C(C)(C)N. The molecule has 0 heterocycles. The predicted octanol–water partition coefficient (Wildman–Crippen LogP) is 2.07. The molecule has 3 N–H and O–H groups in total. The van der Waals surface area contributed by atoms with E-state index in [1.807, 2.05) is 30.3 Å².